The molecule has 8 nitrogen and oxygen atoms in total. The fraction of sp³-hybridized carbons (Fsp3) is 0.474. The molecule has 3 rings (SSSR count). The van der Waals surface area contributed by atoms with Crippen LogP contribution in [0.25, 0.3) is 11.0 Å². The van der Waals surface area contributed by atoms with Gasteiger partial charge in [0, 0.05) is 6.42 Å². The lowest BCUT2D eigenvalue weighted by atomic mass is 9.85. The molecule has 27 heavy (non-hydrogen) atoms. The van der Waals surface area contributed by atoms with Gasteiger partial charge >= 0.3 is 5.97 Å². The molecule has 144 valence electrons. The van der Waals surface area contributed by atoms with Crippen LogP contribution in [-0.2, 0) is 22.5 Å². The largest absolute Gasteiger partial charge is 0.468 e. The van der Waals surface area contributed by atoms with Gasteiger partial charge in [-0.1, -0.05) is 27.7 Å². The highest BCUT2D eigenvalue weighted by Gasteiger charge is 2.30. The van der Waals surface area contributed by atoms with Crippen molar-refractivity contribution in [3.63, 3.8) is 0 Å². The predicted octanol–water partition coefficient (Wildman–Crippen LogP) is 3.35. The number of carbonyl (C=O) groups is 1. The number of furan rings is 1. The Hall–Kier alpha value is -2.90. The summed E-state index contributed by atoms with van der Waals surface area (Å²) < 4.78 is 12.2. The molecule has 0 aromatic carbocycles. The van der Waals surface area contributed by atoms with E-state index in [4.69, 9.17) is 9.15 Å². The third kappa shape index (κ3) is 3.94. The first-order valence-corrected chi connectivity index (χ1v) is 8.92. The number of hydrogen-bond donors (Lipinski definition) is 1. The zero-order chi connectivity index (χ0) is 19.6. The number of carbonyl (C=O) groups excluding carboxylic acids is 1. The number of fused-ring (bicyclic) bond motifs is 1. The second-order valence-electron chi connectivity index (χ2n) is 7.44. The Balaban J connectivity index is 1.96. The molecule has 0 radical (unpaired) electrons. The maximum Gasteiger partial charge on any atom is 0.327 e. The van der Waals surface area contributed by atoms with E-state index in [1.807, 2.05) is 12.1 Å². The van der Waals surface area contributed by atoms with Crippen molar-refractivity contribution < 1.29 is 13.9 Å². The predicted molar refractivity (Wildman–Crippen MR) is 101 cm³/mol. The number of rotatable bonds is 6. The maximum atomic E-state index is 11.6. The fourth-order valence-electron chi connectivity index (χ4n) is 2.90. The van der Waals surface area contributed by atoms with Crippen LogP contribution in [0.15, 0.2) is 29.1 Å². The summed E-state index contributed by atoms with van der Waals surface area (Å²) in [6.07, 6.45) is 3.95. The monoisotopic (exact) mass is 371 g/mol. The first-order chi connectivity index (χ1) is 12.8. The lowest BCUT2D eigenvalue weighted by Crippen LogP contribution is -2.26. The summed E-state index contributed by atoms with van der Waals surface area (Å²) >= 11 is 0. The standard InChI is InChI=1S/C19H25N5O3/c1-6-12-7-8-14(27-12)16(19(2,3)4)23-17-13-9-22-24(10-15(25)26-5)18(13)21-11-20-17/h7-9,11,16H,6,10H2,1-5H3,(H,20,21,23). The van der Waals surface area contributed by atoms with Crippen LogP contribution in [0.3, 0.4) is 0 Å². The smallest absolute Gasteiger partial charge is 0.327 e. The number of aromatic nitrogens is 4. The third-order valence-electron chi connectivity index (χ3n) is 4.40. The Morgan fingerprint density at radius 2 is 2.11 bits per heavy atom. The van der Waals surface area contributed by atoms with E-state index in [1.165, 1.54) is 18.1 Å². The Morgan fingerprint density at radius 1 is 1.33 bits per heavy atom. The van der Waals surface area contributed by atoms with Gasteiger partial charge in [-0.05, 0) is 17.5 Å². The van der Waals surface area contributed by atoms with Gasteiger partial charge in [-0.2, -0.15) is 5.10 Å². The van der Waals surface area contributed by atoms with Crippen LogP contribution in [0.4, 0.5) is 5.82 Å². The van der Waals surface area contributed by atoms with E-state index >= 15 is 0 Å². The zero-order valence-electron chi connectivity index (χ0n) is 16.3. The third-order valence-corrected chi connectivity index (χ3v) is 4.40. The maximum absolute atomic E-state index is 11.6. The average molecular weight is 371 g/mol. The highest BCUT2D eigenvalue weighted by atomic mass is 16.5. The summed E-state index contributed by atoms with van der Waals surface area (Å²) in [5.74, 6) is 2.06. The molecular formula is C19H25N5O3. The van der Waals surface area contributed by atoms with Crippen LogP contribution in [0.5, 0.6) is 0 Å². The quantitative estimate of drug-likeness (QED) is 0.664. The molecule has 0 aliphatic heterocycles. The van der Waals surface area contributed by atoms with Gasteiger partial charge in [0.1, 0.15) is 30.2 Å². The molecule has 0 bridgehead atoms. The van der Waals surface area contributed by atoms with Gasteiger partial charge in [-0.3, -0.25) is 4.79 Å². The number of aryl methyl sites for hydroxylation is 1. The molecule has 3 heterocycles. The van der Waals surface area contributed by atoms with E-state index < -0.39 is 0 Å². The highest BCUT2D eigenvalue weighted by molar-refractivity contribution is 5.87. The van der Waals surface area contributed by atoms with Crippen molar-refractivity contribution >= 4 is 22.8 Å². The SMILES string of the molecule is CCc1ccc(C(Nc2ncnc3c2cnn3CC(=O)OC)C(C)(C)C)o1. The van der Waals surface area contributed by atoms with Crippen molar-refractivity contribution in [2.75, 3.05) is 12.4 Å². The van der Waals surface area contributed by atoms with Gasteiger partial charge in [-0.15, -0.1) is 0 Å². The molecule has 0 aliphatic rings. The van der Waals surface area contributed by atoms with Gasteiger partial charge in [0.05, 0.1) is 24.7 Å². The van der Waals surface area contributed by atoms with E-state index in [-0.39, 0.29) is 24.0 Å². The number of nitrogens with zero attached hydrogens (tertiary/aromatic N) is 4. The van der Waals surface area contributed by atoms with Crippen molar-refractivity contribution in [3.05, 3.63) is 36.2 Å². The summed E-state index contributed by atoms with van der Waals surface area (Å²) in [4.78, 5) is 20.2. The minimum atomic E-state index is -0.386. The van der Waals surface area contributed by atoms with E-state index in [0.717, 1.165) is 23.3 Å². The molecular weight excluding hydrogens is 346 g/mol. The Labute approximate surface area is 157 Å². The van der Waals surface area contributed by atoms with Crippen molar-refractivity contribution in [2.24, 2.45) is 5.41 Å². The van der Waals surface area contributed by atoms with E-state index in [2.05, 4.69) is 48.1 Å². The van der Waals surface area contributed by atoms with Crippen molar-refractivity contribution in [2.45, 2.75) is 46.7 Å². The summed E-state index contributed by atoms with van der Waals surface area (Å²) in [7, 11) is 1.35. The van der Waals surface area contributed by atoms with E-state index in [1.54, 1.807) is 6.20 Å². The van der Waals surface area contributed by atoms with Crippen LogP contribution >= 0.6 is 0 Å². The number of nitrogens with one attached hydrogen (secondary N) is 1. The van der Waals surface area contributed by atoms with Gasteiger partial charge in [0.15, 0.2) is 5.65 Å². The van der Waals surface area contributed by atoms with Crippen LogP contribution in [0.2, 0.25) is 0 Å². The summed E-state index contributed by atoms with van der Waals surface area (Å²) in [5.41, 5.74) is 0.446. The van der Waals surface area contributed by atoms with Crippen LogP contribution in [-0.4, -0.2) is 32.8 Å². The molecule has 8 heteroatoms. The normalized spacial score (nSPS) is 12.9. The molecule has 0 fully saturated rings. The van der Waals surface area contributed by atoms with E-state index in [0.29, 0.717) is 11.5 Å². The molecule has 0 saturated heterocycles. The first kappa shape index (κ1) is 18.9. The Kier molecular flexibility index (Phi) is 5.16. The summed E-state index contributed by atoms with van der Waals surface area (Å²) in [6.45, 7) is 8.47. The number of esters is 1. The molecule has 3 aromatic rings. The topological polar surface area (TPSA) is 95.1 Å². The first-order valence-electron chi connectivity index (χ1n) is 8.92. The molecule has 3 aromatic heterocycles. The Morgan fingerprint density at radius 3 is 2.74 bits per heavy atom. The lowest BCUT2D eigenvalue weighted by molar-refractivity contribution is -0.141. The molecule has 1 atom stereocenters. The zero-order valence-corrected chi connectivity index (χ0v) is 16.3. The van der Waals surface area contributed by atoms with Crippen LogP contribution in [0.1, 0.15) is 45.3 Å². The average Bonchev–Trinajstić information content (AvgIpc) is 3.26. The Bertz CT molecular complexity index is 938. The highest BCUT2D eigenvalue weighted by Crippen LogP contribution is 2.37. The van der Waals surface area contributed by atoms with Gasteiger partial charge in [0.2, 0.25) is 0 Å². The molecule has 1 unspecified atom stereocenters. The van der Waals surface area contributed by atoms with Crippen molar-refractivity contribution in [1.29, 1.82) is 0 Å². The molecule has 0 aliphatic carbocycles. The van der Waals surface area contributed by atoms with E-state index in [9.17, 15) is 4.79 Å². The van der Waals surface area contributed by atoms with Gasteiger partial charge < -0.3 is 14.5 Å². The summed E-state index contributed by atoms with van der Waals surface area (Å²) in [6, 6.07) is 3.90. The number of anilines is 1. The van der Waals surface area contributed by atoms with Crippen LogP contribution in [0, 0.1) is 5.41 Å². The van der Waals surface area contributed by atoms with Crippen molar-refractivity contribution in [3.8, 4) is 0 Å². The summed E-state index contributed by atoms with van der Waals surface area (Å²) in [5, 5.41) is 8.47. The van der Waals surface area contributed by atoms with Gasteiger partial charge in [-0.25, -0.2) is 14.6 Å². The minimum absolute atomic E-state index is 0.00278. The second kappa shape index (κ2) is 7.38. The number of methoxy groups -OCH3 is 1. The molecule has 1 N–H and O–H groups in total. The van der Waals surface area contributed by atoms with Gasteiger partial charge in [0.25, 0.3) is 0 Å². The molecule has 0 saturated carbocycles. The molecule has 0 spiro atoms. The number of hydrogen-bond acceptors (Lipinski definition) is 7. The van der Waals surface area contributed by atoms with Crippen molar-refractivity contribution in [1.82, 2.24) is 19.7 Å². The fourth-order valence-corrected chi connectivity index (χ4v) is 2.90. The molecule has 0 amide bonds. The number of ether oxygens (including phenoxy) is 1. The second-order valence-corrected chi connectivity index (χ2v) is 7.44. The minimum Gasteiger partial charge on any atom is -0.468 e. The van der Waals surface area contributed by atoms with Crippen LogP contribution < -0.4 is 5.32 Å². The lowest BCUT2D eigenvalue weighted by Gasteiger charge is -2.30.